The first kappa shape index (κ1) is 12.9. The van der Waals surface area contributed by atoms with Crippen molar-refractivity contribution in [1.82, 2.24) is 5.32 Å². The molecule has 1 saturated carbocycles. The minimum Gasteiger partial charge on any atom is -0.352 e. The smallest absolute Gasteiger partial charge is 0.251 e. The summed E-state index contributed by atoms with van der Waals surface area (Å²) in [5.74, 6) is 1.36. The van der Waals surface area contributed by atoms with Crippen LogP contribution in [-0.4, -0.2) is 12.5 Å². The van der Waals surface area contributed by atoms with E-state index >= 15 is 0 Å². The maximum absolute atomic E-state index is 11.9. The van der Waals surface area contributed by atoms with Crippen LogP contribution in [0.25, 0.3) is 0 Å². The quantitative estimate of drug-likeness (QED) is 0.897. The lowest BCUT2D eigenvalue weighted by Gasteiger charge is -2.11. The summed E-state index contributed by atoms with van der Waals surface area (Å²) >= 11 is 9.20. The normalized spacial score (nSPS) is 16.6. The zero-order valence-corrected chi connectivity index (χ0v) is 12.0. The van der Waals surface area contributed by atoms with Gasteiger partial charge in [-0.1, -0.05) is 18.5 Å². The molecule has 0 saturated heterocycles. The molecule has 4 heteroatoms. The van der Waals surface area contributed by atoms with Crippen molar-refractivity contribution in [2.75, 3.05) is 6.54 Å². The first-order valence-corrected chi connectivity index (χ1v) is 6.98. The van der Waals surface area contributed by atoms with Gasteiger partial charge in [0.15, 0.2) is 0 Å². The lowest BCUT2D eigenvalue weighted by Crippen LogP contribution is -2.28. The third kappa shape index (κ3) is 3.46. The predicted molar refractivity (Wildman–Crippen MR) is 73.4 cm³/mol. The lowest BCUT2D eigenvalue weighted by atomic mass is 10.1. The Bertz CT molecular complexity index is 431. The second-order valence-corrected chi connectivity index (χ2v) is 5.92. The number of nitrogens with one attached hydrogen (secondary N) is 1. The second kappa shape index (κ2) is 5.40. The maximum atomic E-state index is 11.9. The molecule has 1 aliphatic carbocycles. The van der Waals surface area contributed by atoms with Gasteiger partial charge in [-0.15, -0.1) is 0 Å². The molecule has 0 heterocycles. The summed E-state index contributed by atoms with van der Waals surface area (Å²) in [4.78, 5) is 11.9. The third-order valence-electron chi connectivity index (χ3n) is 3.19. The number of benzene rings is 1. The van der Waals surface area contributed by atoms with E-state index in [0.29, 0.717) is 16.5 Å². The van der Waals surface area contributed by atoms with Gasteiger partial charge < -0.3 is 5.32 Å². The van der Waals surface area contributed by atoms with Crippen molar-refractivity contribution < 1.29 is 4.79 Å². The van der Waals surface area contributed by atoms with E-state index in [1.807, 2.05) is 0 Å². The molecule has 0 aromatic heterocycles. The highest BCUT2D eigenvalue weighted by atomic mass is 79.9. The van der Waals surface area contributed by atoms with Gasteiger partial charge in [-0.2, -0.15) is 0 Å². The van der Waals surface area contributed by atoms with Crippen LogP contribution < -0.4 is 5.32 Å². The molecule has 2 rings (SSSR count). The Balaban J connectivity index is 1.92. The fourth-order valence-corrected chi connectivity index (χ4v) is 2.32. The summed E-state index contributed by atoms with van der Waals surface area (Å²) in [6.07, 6.45) is 2.62. The molecule has 0 bridgehead atoms. The Kier molecular flexibility index (Phi) is 4.10. The topological polar surface area (TPSA) is 29.1 Å². The van der Waals surface area contributed by atoms with Crippen LogP contribution >= 0.6 is 27.5 Å². The molecule has 1 unspecified atom stereocenters. The first-order valence-electron chi connectivity index (χ1n) is 5.81. The van der Waals surface area contributed by atoms with Gasteiger partial charge in [-0.05, 0) is 58.8 Å². The van der Waals surface area contributed by atoms with Gasteiger partial charge in [0.25, 0.3) is 5.91 Å². The molecule has 92 valence electrons. The van der Waals surface area contributed by atoms with E-state index in [1.54, 1.807) is 18.2 Å². The SMILES string of the molecule is CC(CNC(=O)c1ccc(Cl)c(Br)c1)C1CC1. The van der Waals surface area contributed by atoms with Crippen LogP contribution in [0.3, 0.4) is 0 Å². The molecule has 0 radical (unpaired) electrons. The Hall–Kier alpha value is -0.540. The number of hydrogen-bond acceptors (Lipinski definition) is 1. The van der Waals surface area contributed by atoms with E-state index in [1.165, 1.54) is 12.8 Å². The van der Waals surface area contributed by atoms with Crippen LogP contribution in [0.15, 0.2) is 22.7 Å². The largest absolute Gasteiger partial charge is 0.352 e. The molecule has 1 aliphatic rings. The van der Waals surface area contributed by atoms with Crippen LogP contribution in [0.5, 0.6) is 0 Å². The van der Waals surface area contributed by atoms with Gasteiger partial charge in [0.05, 0.1) is 5.02 Å². The summed E-state index contributed by atoms with van der Waals surface area (Å²) in [6, 6.07) is 5.22. The summed E-state index contributed by atoms with van der Waals surface area (Å²) in [5.41, 5.74) is 0.643. The molecular weight excluding hydrogens is 302 g/mol. The fourth-order valence-electron chi connectivity index (χ4n) is 1.83. The van der Waals surface area contributed by atoms with Crippen molar-refractivity contribution >= 4 is 33.4 Å². The second-order valence-electron chi connectivity index (χ2n) is 4.65. The zero-order valence-electron chi connectivity index (χ0n) is 9.67. The van der Waals surface area contributed by atoms with Gasteiger partial charge >= 0.3 is 0 Å². The van der Waals surface area contributed by atoms with Gasteiger partial charge in [0.2, 0.25) is 0 Å². The summed E-state index contributed by atoms with van der Waals surface area (Å²) in [6.45, 7) is 2.94. The van der Waals surface area contributed by atoms with Crippen molar-refractivity contribution in [1.29, 1.82) is 0 Å². The van der Waals surface area contributed by atoms with E-state index < -0.39 is 0 Å². The minimum atomic E-state index is -0.0325. The highest BCUT2D eigenvalue weighted by Crippen LogP contribution is 2.36. The number of rotatable bonds is 4. The molecule has 1 amide bonds. The van der Waals surface area contributed by atoms with Crippen molar-refractivity contribution in [3.63, 3.8) is 0 Å². The van der Waals surface area contributed by atoms with Crippen LogP contribution in [0.2, 0.25) is 5.02 Å². The molecule has 1 aromatic carbocycles. The number of carbonyl (C=O) groups is 1. The van der Waals surface area contributed by atoms with Gasteiger partial charge in [-0.3, -0.25) is 4.79 Å². The van der Waals surface area contributed by atoms with E-state index in [2.05, 4.69) is 28.2 Å². The molecule has 0 spiro atoms. The monoisotopic (exact) mass is 315 g/mol. The molecule has 1 aromatic rings. The van der Waals surface area contributed by atoms with E-state index in [-0.39, 0.29) is 5.91 Å². The van der Waals surface area contributed by atoms with Crippen LogP contribution in [-0.2, 0) is 0 Å². The number of hydrogen-bond donors (Lipinski definition) is 1. The van der Waals surface area contributed by atoms with Gasteiger partial charge in [0, 0.05) is 16.6 Å². The lowest BCUT2D eigenvalue weighted by molar-refractivity contribution is 0.0946. The van der Waals surface area contributed by atoms with Crippen molar-refractivity contribution in [3.05, 3.63) is 33.3 Å². The number of amides is 1. The van der Waals surface area contributed by atoms with Crippen molar-refractivity contribution in [3.8, 4) is 0 Å². The van der Waals surface area contributed by atoms with Crippen LogP contribution in [0.1, 0.15) is 30.1 Å². The highest BCUT2D eigenvalue weighted by Gasteiger charge is 2.27. The maximum Gasteiger partial charge on any atom is 0.251 e. The van der Waals surface area contributed by atoms with E-state index in [0.717, 1.165) is 16.9 Å². The fraction of sp³-hybridized carbons (Fsp3) is 0.462. The number of halogens is 2. The summed E-state index contributed by atoms with van der Waals surface area (Å²) in [7, 11) is 0. The van der Waals surface area contributed by atoms with Crippen molar-refractivity contribution in [2.45, 2.75) is 19.8 Å². The van der Waals surface area contributed by atoms with E-state index in [4.69, 9.17) is 11.6 Å². The van der Waals surface area contributed by atoms with E-state index in [9.17, 15) is 4.79 Å². The molecule has 1 atom stereocenters. The standard InChI is InChI=1S/C13H15BrClNO/c1-8(9-2-3-9)7-16-13(17)10-4-5-12(15)11(14)6-10/h4-6,8-9H,2-3,7H2,1H3,(H,16,17). The third-order valence-corrected chi connectivity index (χ3v) is 4.41. The van der Waals surface area contributed by atoms with Crippen molar-refractivity contribution in [2.24, 2.45) is 11.8 Å². The van der Waals surface area contributed by atoms with Gasteiger partial charge in [-0.25, -0.2) is 0 Å². The summed E-state index contributed by atoms with van der Waals surface area (Å²) < 4.78 is 0.752. The summed E-state index contributed by atoms with van der Waals surface area (Å²) in [5, 5.41) is 3.58. The van der Waals surface area contributed by atoms with Crippen LogP contribution in [0, 0.1) is 11.8 Å². The molecule has 1 N–H and O–H groups in total. The minimum absolute atomic E-state index is 0.0325. The van der Waals surface area contributed by atoms with Crippen LogP contribution in [0.4, 0.5) is 0 Å². The molecule has 2 nitrogen and oxygen atoms in total. The average molecular weight is 317 g/mol. The first-order chi connectivity index (χ1) is 8.08. The molecule has 0 aliphatic heterocycles. The highest BCUT2D eigenvalue weighted by molar-refractivity contribution is 9.10. The Morgan fingerprint density at radius 1 is 1.59 bits per heavy atom. The Morgan fingerprint density at radius 3 is 2.88 bits per heavy atom. The average Bonchev–Trinajstić information content (AvgIpc) is 3.13. The Morgan fingerprint density at radius 2 is 2.29 bits per heavy atom. The number of carbonyl (C=O) groups excluding carboxylic acids is 1. The predicted octanol–water partition coefficient (Wildman–Crippen LogP) is 3.88. The Labute approximate surface area is 115 Å². The zero-order chi connectivity index (χ0) is 12.4. The molecular formula is C13H15BrClNO. The van der Waals surface area contributed by atoms with Gasteiger partial charge in [0.1, 0.15) is 0 Å². The molecule has 17 heavy (non-hydrogen) atoms. The molecule has 1 fully saturated rings.